The topological polar surface area (TPSA) is 37.8 Å². The lowest BCUT2D eigenvalue weighted by molar-refractivity contribution is 0.816. The molecule has 94 valence electrons. The van der Waals surface area contributed by atoms with Gasteiger partial charge in [0.05, 0.1) is 0 Å². The van der Waals surface area contributed by atoms with Crippen LogP contribution in [0.1, 0.15) is 11.1 Å². The van der Waals surface area contributed by atoms with Crippen LogP contribution in [0, 0.1) is 6.92 Å². The lowest BCUT2D eigenvalue weighted by Crippen LogP contribution is -2.04. The van der Waals surface area contributed by atoms with Crippen molar-refractivity contribution in [2.75, 3.05) is 7.05 Å². The Labute approximate surface area is 120 Å². The van der Waals surface area contributed by atoms with Gasteiger partial charge in [-0.05, 0) is 64.9 Å². The molecule has 5 heteroatoms. The molecule has 0 aliphatic carbocycles. The third-order valence-corrected chi connectivity index (χ3v) is 4.22. The van der Waals surface area contributed by atoms with Gasteiger partial charge in [0.1, 0.15) is 0 Å². The molecule has 2 rings (SSSR count). The fourth-order valence-electron chi connectivity index (χ4n) is 1.47. The van der Waals surface area contributed by atoms with Gasteiger partial charge in [-0.2, -0.15) is 0 Å². The van der Waals surface area contributed by atoms with E-state index in [9.17, 15) is 0 Å². The van der Waals surface area contributed by atoms with Crippen molar-refractivity contribution < 1.29 is 0 Å². The van der Waals surface area contributed by atoms with Crippen LogP contribution in [0.15, 0.2) is 45.1 Å². The monoisotopic (exact) mass is 323 g/mol. The molecule has 18 heavy (non-hydrogen) atoms. The Morgan fingerprint density at radius 2 is 2.00 bits per heavy atom. The molecule has 0 amide bonds. The molecule has 2 aromatic rings. The average Bonchev–Trinajstić information content (AvgIpc) is 2.36. The molecule has 1 aromatic heterocycles. The van der Waals surface area contributed by atoms with Crippen molar-refractivity contribution in [3.05, 3.63) is 46.2 Å². The van der Waals surface area contributed by atoms with Crippen molar-refractivity contribution in [3.63, 3.8) is 0 Å². The molecule has 0 unspecified atom stereocenters. The third-order valence-electron chi connectivity index (χ3n) is 2.34. The molecule has 1 heterocycles. The Bertz CT molecular complexity index is 528. The maximum atomic E-state index is 4.29. The Kier molecular flexibility index (Phi) is 4.74. The van der Waals surface area contributed by atoms with E-state index in [2.05, 4.69) is 49.4 Å². The number of aryl methyl sites for hydroxylation is 1. The molecule has 0 aliphatic rings. The molecule has 1 aromatic carbocycles. The summed E-state index contributed by atoms with van der Waals surface area (Å²) in [6.45, 7) is 2.85. The summed E-state index contributed by atoms with van der Waals surface area (Å²) in [5.74, 6) is 0. The van der Waals surface area contributed by atoms with Gasteiger partial charge in [0, 0.05) is 28.3 Å². The summed E-state index contributed by atoms with van der Waals surface area (Å²) in [5, 5.41) is 3.90. The van der Waals surface area contributed by atoms with Crippen molar-refractivity contribution in [3.8, 4) is 0 Å². The van der Waals surface area contributed by atoms with Gasteiger partial charge in [0.15, 0.2) is 5.16 Å². The summed E-state index contributed by atoms with van der Waals surface area (Å²) >= 11 is 5.15. The predicted molar refractivity (Wildman–Crippen MR) is 77.8 cm³/mol. The molecule has 0 fully saturated rings. The summed E-state index contributed by atoms with van der Waals surface area (Å²) < 4.78 is 1.07. The minimum absolute atomic E-state index is 0.766. The zero-order valence-electron chi connectivity index (χ0n) is 10.3. The van der Waals surface area contributed by atoms with Crippen LogP contribution in [-0.4, -0.2) is 17.0 Å². The van der Waals surface area contributed by atoms with Gasteiger partial charge in [-0.3, -0.25) is 0 Å². The van der Waals surface area contributed by atoms with Crippen molar-refractivity contribution in [2.24, 2.45) is 0 Å². The molecule has 0 saturated heterocycles. The molecule has 3 nitrogen and oxygen atoms in total. The normalized spacial score (nSPS) is 10.6. The van der Waals surface area contributed by atoms with Crippen LogP contribution in [-0.2, 0) is 6.54 Å². The number of rotatable bonds is 4. The van der Waals surface area contributed by atoms with E-state index in [-0.39, 0.29) is 0 Å². The van der Waals surface area contributed by atoms with E-state index in [4.69, 9.17) is 0 Å². The van der Waals surface area contributed by atoms with Crippen LogP contribution in [0.5, 0.6) is 0 Å². The minimum Gasteiger partial charge on any atom is -0.316 e. The number of hydrogen-bond acceptors (Lipinski definition) is 4. The highest BCUT2D eigenvalue weighted by atomic mass is 79.9. The third kappa shape index (κ3) is 3.54. The summed E-state index contributed by atoms with van der Waals surface area (Å²) in [4.78, 5) is 9.71. The summed E-state index contributed by atoms with van der Waals surface area (Å²) in [6, 6.07) is 6.31. The van der Waals surface area contributed by atoms with E-state index in [0.717, 1.165) is 26.6 Å². The molecule has 0 bridgehead atoms. The standard InChI is InChI=1S/C13H14BrN3S/c1-9-6-16-13(17-7-9)18-12-4-3-10(8-15-2)5-11(12)14/h3-7,15H,8H2,1-2H3. The van der Waals surface area contributed by atoms with Gasteiger partial charge in [-0.1, -0.05) is 6.07 Å². The van der Waals surface area contributed by atoms with Crippen LogP contribution < -0.4 is 5.32 Å². The lowest BCUT2D eigenvalue weighted by Gasteiger charge is -2.06. The number of nitrogens with zero attached hydrogens (tertiary/aromatic N) is 2. The zero-order chi connectivity index (χ0) is 13.0. The number of benzene rings is 1. The molecule has 0 saturated carbocycles. The fraction of sp³-hybridized carbons (Fsp3) is 0.231. The van der Waals surface area contributed by atoms with E-state index in [1.54, 1.807) is 11.8 Å². The molecule has 0 radical (unpaired) electrons. The number of hydrogen-bond donors (Lipinski definition) is 1. The first kappa shape index (κ1) is 13.5. The molecule has 0 spiro atoms. The van der Waals surface area contributed by atoms with Gasteiger partial charge in [0.2, 0.25) is 0 Å². The predicted octanol–water partition coefficient (Wildman–Crippen LogP) is 3.42. The summed E-state index contributed by atoms with van der Waals surface area (Å²) in [5.41, 5.74) is 2.32. The second-order valence-electron chi connectivity index (χ2n) is 3.94. The van der Waals surface area contributed by atoms with Gasteiger partial charge in [0.25, 0.3) is 0 Å². The Morgan fingerprint density at radius 1 is 1.28 bits per heavy atom. The Hall–Kier alpha value is -0.910. The van der Waals surface area contributed by atoms with Crippen LogP contribution in [0.2, 0.25) is 0 Å². The van der Waals surface area contributed by atoms with Crippen molar-refractivity contribution in [1.82, 2.24) is 15.3 Å². The van der Waals surface area contributed by atoms with E-state index in [1.165, 1.54) is 5.56 Å². The highest BCUT2D eigenvalue weighted by Gasteiger charge is 2.05. The Morgan fingerprint density at radius 3 is 2.61 bits per heavy atom. The largest absolute Gasteiger partial charge is 0.316 e. The first-order chi connectivity index (χ1) is 8.69. The van der Waals surface area contributed by atoms with Crippen molar-refractivity contribution in [2.45, 2.75) is 23.5 Å². The highest BCUT2D eigenvalue weighted by Crippen LogP contribution is 2.32. The van der Waals surface area contributed by atoms with Crippen molar-refractivity contribution in [1.29, 1.82) is 0 Å². The highest BCUT2D eigenvalue weighted by molar-refractivity contribution is 9.10. The van der Waals surface area contributed by atoms with Crippen LogP contribution >= 0.6 is 27.7 Å². The van der Waals surface area contributed by atoms with E-state index in [0.29, 0.717) is 0 Å². The maximum absolute atomic E-state index is 4.29. The molecular weight excluding hydrogens is 310 g/mol. The number of aromatic nitrogens is 2. The van der Waals surface area contributed by atoms with Crippen LogP contribution in [0.4, 0.5) is 0 Å². The molecule has 0 aliphatic heterocycles. The van der Waals surface area contributed by atoms with Gasteiger partial charge in [-0.15, -0.1) is 0 Å². The molecule has 0 atom stereocenters. The molecule has 1 N–H and O–H groups in total. The second kappa shape index (κ2) is 6.31. The first-order valence-electron chi connectivity index (χ1n) is 5.58. The lowest BCUT2D eigenvalue weighted by atomic mass is 10.2. The average molecular weight is 324 g/mol. The van der Waals surface area contributed by atoms with Crippen LogP contribution in [0.25, 0.3) is 0 Å². The van der Waals surface area contributed by atoms with E-state index < -0.39 is 0 Å². The minimum atomic E-state index is 0.766. The van der Waals surface area contributed by atoms with Gasteiger partial charge < -0.3 is 5.32 Å². The molecular formula is C13H14BrN3S. The number of nitrogens with one attached hydrogen (secondary N) is 1. The van der Waals surface area contributed by atoms with Gasteiger partial charge in [-0.25, -0.2) is 9.97 Å². The van der Waals surface area contributed by atoms with E-state index >= 15 is 0 Å². The van der Waals surface area contributed by atoms with Gasteiger partial charge >= 0.3 is 0 Å². The quantitative estimate of drug-likeness (QED) is 0.875. The fourth-order valence-corrected chi connectivity index (χ4v) is 2.84. The van der Waals surface area contributed by atoms with Crippen LogP contribution in [0.3, 0.4) is 0 Å². The van der Waals surface area contributed by atoms with E-state index in [1.807, 2.05) is 26.4 Å². The smallest absolute Gasteiger partial charge is 0.192 e. The number of halogens is 1. The second-order valence-corrected chi connectivity index (χ2v) is 5.80. The van der Waals surface area contributed by atoms with Crippen molar-refractivity contribution >= 4 is 27.7 Å². The summed E-state index contributed by atoms with van der Waals surface area (Å²) in [7, 11) is 1.94. The SMILES string of the molecule is CNCc1ccc(Sc2ncc(C)cn2)c(Br)c1. The summed E-state index contributed by atoms with van der Waals surface area (Å²) in [6.07, 6.45) is 3.66. The maximum Gasteiger partial charge on any atom is 0.192 e. The Balaban J connectivity index is 2.16. The first-order valence-corrected chi connectivity index (χ1v) is 7.19. The zero-order valence-corrected chi connectivity index (χ0v) is 12.7.